The van der Waals surface area contributed by atoms with Gasteiger partial charge < -0.3 is 9.84 Å². The predicted octanol–water partition coefficient (Wildman–Crippen LogP) is 6.80. The fraction of sp³-hybridized carbons (Fsp3) is 0.130. The van der Waals surface area contributed by atoms with E-state index >= 15 is 0 Å². The van der Waals surface area contributed by atoms with Crippen molar-refractivity contribution in [3.8, 4) is 5.75 Å². The lowest BCUT2D eigenvalue weighted by atomic mass is 10.1. The van der Waals surface area contributed by atoms with Gasteiger partial charge in [-0.25, -0.2) is 4.79 Å². The van der Waals surface area contributed by atoms with Gasteiger partial charge >= 0.3 is 5.97 Å². The minimum absolute atomic E-state index is 0.254. The zero-order chi connectivity index (χ0) is 20.8. The van der Waals surface area contributed by atoms with Crippen LogP contribution in [-0.2, 0) is 13.0 Å². The first-order chi connectivity index (χ1) is 14.0. The smallest absolute Gasteiger partial charge is 0.335 e. The highest BCUT2D eigenvalue weighted by molar-refractivity contribution is 9.11. The van der Waals surface area contributed by atoms with Crippen LogP contribution in [-0.4, -0.2) is 17.3 Å². The number of carbonyl (C=O) groups is 1. The second kappa shape index (κ2) is 9.85. The zero-order valence-corrected chi connectivity index (χ0v) is 18.9. The van der Waals surface area contributed by atoms with Gasteiger partial charge in [-0.05, 0) is 91.4 Å². The van der Waals surface area contributed by atoms with E-state index in [2.05, 4.69) is 55.9 Å². The van der Waals surface area contributed by atoms with E-state index in [-0.39, 0.29) is 5.56 Å². The van der Waals surface area contributed by atoms with Gasteiger partial charge in [0.15, 0.2) is 0 Å². The number of ether oxygens (including phenoxy) is 1. The second-order valence-electron chi connectivity index (χ2n) is 6.38. The summed E-state index contributed by atoms with van der Waals surface area (Å²) in [5, 5.41) is 8.97. The monoisotopic (exact) mass is 515 g/mol. The Balaban J connectivity index is 1.69. The summed E-state index contributed by atoms with van der Waals surface area (Å²) in [6.45, 7) is 2.45. The molecule has 0 radical (unpaired) electrons. The van der Waals surface area contributed by atoms with Crippen LogP contribution in [0.5, 0.6) is 5.75 Å². The topological polar surface area (TPSA) is 58.9 Å². The number of nitrogens with zero attached hydrogens (tertiary/aromatic N) is 1. The minimum atomic E-state index is -0.943. The Morgan fingerprint density at radius 2 is 1.59 bits per heavy atom. The van der Waals surface area contributed by atoms with E-state index in [0.29, 0.717) is 12.4 Å². The Labute approximate surface area is 186 Å². The lowest BCUT2D eigenvalue weighted by molar-refractivity contribution is 0.0697. The molecule has 0 heterocycles. The molecule has 0 aromatic heterocycles. The third-order valence-corrected chi connectivity index (χ3v) is 5.49. The molecule has 0 bridgehead atoms. The highest BCUT2D eigenvalue weighted by atomic mass is 79.9. The van der Waals surface area contributed by atoms with Gasteiger partial charge in [0.05, 0.1) is 20.2 Å². The molecule has 0 fully saturated rings. The molecular weight excluding hydrogens is 498 g/mol. The third-order valence-electron chi connectivity index (χ3n) is 4.31. The van der Waals surface area contributed by atoms with Gasteiger partial charge in [-0.15, -0.1) is 0 Å². The fourth-order valence-corrected chi connectivity index (χ4v) is 4.11. The van der Waals surface area contributed by atoms with Crippen LogP contribution in [0.1, 0.15) is 34.0 Å². The number of halogens is 2. The molecule has 29 heavy (non-hydrogen) atoms. The first-order valence-corrected chi connectivity index (χ1v) is 10.6. The molecule has 148 valence electrons. The molecule has 0 unspecified atom stereocenters. The van der Waals surface area contributed by atoms with Crippen LogP contribution in [0.2, 0.25) is 0 Å². The maximum absolute atomic E-state index is 10.9. The normalized spacial score (nSPS) is 11.0. The van der Waals surface area contributed by atoms with Crippen LogP contribution in [0, 0.1) is 0 Å². The maximum Gasteiger partial charge on any atom is 0.335 e. The van der Waals surface area contributed by atoms with E-state index in [4.69, 9.17) is 9.84 Å². The number of carboxylic acids is 1. The van der Waals surface area contributed by atoms with Gasteiger partial charge in [-0.3, -0.25) is 4.99 Å². The average Bonchev–Trinajstić information content (AvgIpc) is 2.72. The van der Waals surface area contributed by atoms with Gasteiger partial charge in [-0.2, -0.15) is 0 Å². The van der Waals surface area contributed by atoms with Crippen molar-refractivity contribution in [1.29, 1.82) is 0 Å². The van der Waals surface area contributed by atoms with Crippen LogP contribution in [0.25, 0.3) is 0 Å². The molecule has 0 amide bonds. The summed E-state index contributed by atoms with van der Waals surface area (Å²) >= 11 is 7.11. The lowest BCUT2D eigenvalue weighted by Crippen LogP contribution is -2.00. The highest BCUT2D eigenvalue weighted by Crippen LogP contribution is 2.35. The summed E-state index contributed by atoms with van der Waals surface area (Å²) in [4.78, 5) is 15.5. The predicted molar refractivity (Wildman–Crippen MR) is 123 cm³/mol. The molecule has 0 aliphatic rings. The van der Waals surface area contributed by atoms with Gasteiger partial charge in [0.25, 0.3) is 0 Å². The van der Waals surface area contributed by atoms with Crippen LogP contribution in [0.3, 0.4) is 0 Å². The Bertz CT molecular complexity index is 1010. The molecule has 3 aromatic rings. The molecule has 1 N–H and O–H groups in total. The van der Waals surface area contributed by atoms with Crippen LogP contribution >= 0.6 is 31.9 Å². The second-order valence-corrected chi connectivity index (χ2v) is 8.09. The zero-order valence-electron chi connectivity index (χ0n) is 15.7. The van der Waals surface area contributed by atoms with E-state index in [1.54, 1.807) is 24.3 Å². The fourth-order valence-electron chi connectivity index (χ4n) is 2.66. The van der Waals surface area contributed by atoms with Crippen molar-refractivity contribution >= 4 is 49.7 Å². The summed E-state index contributed by atoms with van der Waals surface area (Å²) in [6.07, 6.45) is 2.82. The summed E-state index contributed by atoms with van der Waals surface area (Å²) in [7, 11) is 0. The van der Waals surface area contributed by atoms with Gasteiger partial charge in [0.1, 0.15) is 12.4 Å². The number of benzene rings is 3. The van der Waals surface area contributed by atoms with Gasteiger partial charge in [-0.1, -0.05) is 31.2 Å². The molecule has 0 aliphatic heterocycles. The first-order valence-electron chi connectivity index (χ1n) is 9.03. The van der Waals surface area contributed by atoms with Gasteiger partial charge in [0.2, 0.25) is 0 Å². The van der Waals surface area contributed by atoms with Gasteiger partial charge in [0, 0.05) is 6.21 Å². The minimum Gasteiger partial charge on any atom is -0.487 e. The highest BCUT2D eigenvalue weighted by Gasteiger charge is 2.09. The molecular formula is C23H19Br2NO3. The summed E-state index contributed by atoms with van der Waals surface area (Å²) in [5.74, 6) is -0.265. The Morgan fingerprint density at radius 1 is 1.00 bits per heavy atom. The molecule has 0 atom stereocenters. The van der Waals surface area contributed by atoms with Crippen LogP contribution in [0.15, 0.2) is 74.6 Å². The van der Waals surface area contributed by atoms with Crippen molar-refractivity contribution in [2.45, 2.75) is 20.0 Å². The number of aromatic carboxylic acids is 1. The molecule has 3 rings (SSSR count). The van der Waals surface area contributed by atoms with E-state index in [9.17, 15) is 4.79 Å². The van der Waals surface area contributed by atoms with Crippen molar-refractivity contribution in [3.63, 3.8) is 0 Å². The molecule has 0 spiro atoms. The standard InChI is InChI=1S/C23H19Br2NO3/c1-2-15-5-9-19(10-6-15)26-13-17-11-20(24)22(21(25)12-17)29-14-16-3-7-18(8-4-16)23(27)28/h3-13H,2,14H2,1H3,(H,27,28). The van der Waals surface area contributed by atoms with E-state index in [1.807, 2.05) is 30.5 Å². The summed E-state index contributed by atoms with van der Waals surface area (Å²) < 4.78 is 7.52. The molecule has 6 heteroatoms. The lowest BCUT2D eigenvalue weighted by Gasteiger charge is -2.11. The number of hydrogen-bond donors (Lipinski definition) is 1. The van der Waals surface area contributed by atoms with Crippen molar-refractivity contribution < 1.29 is 14.6 Å². The number of aryl methyl sites for hydroxylation is 1. The van der Waals surface area contributed by atoms with Crippen molar-refractivity contribution in [2.24, 2.45) is 4.99 Å². The summed E-state index contributed by atoms with van der Waals surface area (Å²) in [5.41, 5.74) is 4.26. The van der Waals surface area contributed by atoms with Crippen molar-refractivity contribution in [1.82, 2.24) is 0 Å². The number of aliphatic imine (C=N–C) groups is 1. The van der Waals surface area contributed by atoms with E-state index in [1.165, 1.54) is 5.56 Å². The first kappa shape index (κ1) is 21.3. The molecule has 0 aliphatic carbocycles. The SMILES string of the molecule is CCc1ccc(N=Cc2cc(Br)c(OCc3ccc(C(=O)O)cc3)c(Br)c2)cc1. The average molecular weight is 517 g/mol. The Kier molecular flexibility index (Phi) is 7.23. The third kappa shape index (κ3) is 5.78. The van der Waals surface area contributed by atoms with Crippen LogP contribution < -0.4 is 4.74 Å². The van der Waals surface area contributed by atoms with E-state index in [0.717, 1.165) is 32.2 Å². The summed E-state index contributed by atoms with van der Waals surface area (Å²) in [6, 6.07) is 18.7. The Hall–Kier alpha value is -2.44. The largest absolute Gasteiger partial charge is 0.487 e. The molecule has 0 saturated heterocycles. The number of rotatable bonds is 7. The quantitative estimate of drug-likeness (QED) is 0.351. The molecule has 3 aromatic carbocycles. The van der Waals surface area contributed by atoms with Crippen LogP contribution in [0.4, 0.5) is 5.69 Å². The Morgan fingerprint density at radius 3 is 2.14 bits per heavy atom. The number of hydrogen-bond acceptors (Lipinski definition) is 3. The van der Waals surface area contributed by atoms with E-state index < -0.39 is 5.97 Å². The maximum atomic E-state index is 10.9. The number of carboxylic acid groups (broad SMARTS) is 1. The van der Waals surface area contributed by atoms with Crippen molar-refractivity contribution in [2.75, 3.05) is 0 Å². The van der Waals surface area contributed by atoms with Crippen molar-refractivity contribution in [3.05, 3.63) is 91.9 Å². The molecule has 4 nitrogen and oxygen atoms in total. The molecule has 0 saturated carbocycles.